The molecule has 0 atom stereocenters. The van der Waals surface area contributed by atoms with Crippen molar-refractivity contribution in [3.63, 3.8) is 0 Å². The van der Waals surface area contributed by atoms with Crippen molar-refractivity contribution in [1.82, 2.24) is 4.98 Å². The lowest BCUT2D eigenvalue weighted by atomic mass is 10.2. The number of hydrogen-bond donors (Lipinski definition) is 1. The van der Waals surface area contributed by atoms with E-state index in [1.807, 2.05) is 50.2 Å². The van der Waals surface area contributed by atoms with E-state index in [2.05, 4.69) is 26.2 Å². The topological polar surface area (TPSA) is 42.0 Å². The normalized spacial score (nSPS) is 10.8. The molecular weight excluding hydrogens is 316 g/mol. The van der Waals surface area contributed by atoms with Crippen molar-refractivity contribution in [3.05, 3.63) is 63.8 Å². The fourth-order valence-electron chi connectivity index (χ4n) is 1.82. The summed E-state index contributed by atoms with van der Waals surface area (Å²) in [5.41, 5.74) is 2.93. The van der Waals surface area contributed by atoms with Gasteiger partial charge in [-0.1, -0.05) is 28.1 Å². The Morgan fingerprint density at radius 1 is 1.20 bits per heavy atom. The molecule has 1 aromatic heterocycles. The Balaban J connectivity index is 2.03. The van der Waals surface area contributed by atoms with Crippen LogP contribution in [0.3, 0.4) is 0 Å². The molecule has 1 heterocycles. The van der Waals surface area contributed by atoms with Gasteiger partial charge in [-0.3, -0.25) is 4.79 Å². The zero-order valence-corrected chi connectivity index (χ0v) is 12.9. The molecule has 1 aromatic carbocycles. The van der Waals surface area contributed by atoms with Crippen molar-refractivity contribution < 1.29 is 4.79 Å². The SMILES string of the molecule is Cc1cc(C)nc(NC(=O)/C=C/c2ccc(Br)cc2)c1. The van der Waals surface area contributed by atoms with Crippen LogP contribution in [0.1, 0.15) is 16.8 Å². The molecule has 2 rings (SSSR count). The van der Waals surface area contributed by atoms with Crippen LogP contribution in [-0.2, 0) is 4.79 Å². The van der Waals surface area contributed by atoms with Crippen LogP contribution in [0.5, 0.6) is 0 Å². The van der Waals surface area contributed by atoms with Gasteiger partial charge in [-0.15, -0.1) is 0 Å². The standard InChI is InChI=1S/C16H15BrN2O/c1-11-9-12(2)18-15(10-11)19-16(20)8-5-13-3-6-14(17)7-4-13/h3-10H,1-2H3,(H,18,19,20)/b8-5+. The number of rotatable bonds is 3. The molecule has 4 heteroatoms. The minimum Gasteiger partial charge on any atom is -0.307 e. The van der Waals surface area contributed by atoms with Crippen LogP contribution in [0.2, 0.25) is 0 Å². The Bertz CT molecular complexity index is 628. The first-order chi connectivity index (χ1) is 9.52. The molecule has 0 saturated heterocycles. The zero-order chi connectivity index (χ0) is 14.5. The van der Waals surface area contributed by atoms with Gasteiger partial charge >= 0.3 is 0 Å². The first kappa shape index (κ1) is 14.5. The van der Waals surface area contributed by atoms with Crippen LogP contribution >= 0.6 is 15.9 Å². The molecule has 0 fully saturated rings. The molecule has 20 heavy (non-hydrogen) atoms. The monoisotopic (exact) mass is 330 g/mol. The van der Waals surface area contributed by atoms with E-state index >= 15 is 0 Å². The fourth-order valence-corrected chi connectivity index (χ4v) is 2.08. The maximum absolute atomic E-state index is 11.8. The third-order valence-corrected chi connectivity index (χ3v) is 3.17. The van der Waals surface area contributed by atoms with Crippen molar-refractivity contribution in [2.75, 3.05) is 5.32 Å². The number of nitrogens with one attached hydrogen (secondary N) is 1. The minimum absolute atomic E-state index is 0.189. The third-order valence-electron chi connectivity index (χ3n) is 2.65. The van der Waals surface area contributed by atoms with Gasteiger partial charge in [0, 0.05) is 16.2 Å². The molecule has 0 radical (unpaired) electrons. The summed E-state index contributed by atoms with van der Waals surface area (Å²) in [7, 11) is 0. The van der Waals surface area contributed by atoms with Crippen molar-refractivity contribution in [1.29, 1.82) is 0 Å². The Morgan fingerprint density at radius 3 is 2.55 bits per heavy atom. The smallest absolute Gasteiger partial charge is 0.249 e. The number of pyridine rings is 1. The highest BCUT2D eigenvalue weighted by atomic mass is 79.9. The van der Waals surface area contributed by atoms with E-state index in [1.165, 1.54) is 6.08 Å². The van der Waals surface area contributed by atoms with Gasteiger partial charge in [-0.25, -0.2) is 4.98 Å². The van der Waals surface area contributed by atoms with E-state index in [9.17, 15) is 4.79 Å². The van der Waals surface area contributed by atoms with E-state index in [1.54, 1.807) is 6.08 Å². The molecule has 0 aliphatic rings. The molecule has 3 nitrogen and oxygen atoms in total. The highest BCUT2D eigenvalue weighted by molar-refractivity contribution is 9.10. The number of anilines is 1. The van der Waals surface area contributed by atoms with Gasteiger partial charge in [-0.2, -0.15) is 0 Å². The van der Waals surface area contributed by atoms with E-state index in [4.69, 9.17) is 0 Å². The summed E-state index contributed by atoms with van der Waals surface area (Å²) in [4.78, 5) is 16.1. The number of aromatic nitrogens is 1. The van der Waals surface area contributed by atoms with Crippen molar-refractivity contribution in [2.24, 2.45) is 0 Å². The molecule has 1 amide bonds. The second kappa shape index (κ2) is 6.48. The highest BCUT2D eigenvalue weighted by Crippen LogP contribution is 2.12. The van der Waals surface area contributed by atoms with E-state index in [-0.39, 0.29) is 5.91 Å². The average Bonchev–Trinajstić information content (AvgIpc) is 2.37. The van der Waals surface area contributed by atoms with Crippen molar-refractivity contribution in [2.45, 2.75) is 13.8 Å². The number of nitrogens with zero attached hydrogens (tertiary/aromatic N) is 1. The molecule has 102 valence electrons. The maximum Gasteiger partial charge on any atom is 0.249 e. The average molecular weight is 331 g/mol. The summed E-state index contributed by atoms with van der Waals surface area (Å²) in [6.45, 7) is 3.88. The van der Waals surface area contributed by atoms with Gasteiger partial charge in [0.15, 0.2) is 0 Å². The van der Waals surface area contributed by atoms with Crippen LogP contribution in [0, 0.1) is 13.8 Å². The van der Waals surface area contributed by atoms with Crippen LogP contribution < -0.4 is 5.32 Å². The van der Waals surface area contributed by atoms with Gasteiger partial charge < -0.3 is 5.32 Å². The Hall–Kier alpha value is -1.94. The second-order valence-corrected chi connectivity index (χ2v) is 5.46. The zero-order valence-electron chi connectivity index (χ0n) is 11.4. The Labute approximate surface area is 126 Å². The first-order valence-electron chi connectivity index (χ1n) is 6.23. The lowest BCUT2D eigenvalue weighted by molar-refractivity contribution is -0.111. The molecule has 0 unspecified atom stereocenters. The minimum atomic E-state index is -0.189. The van der Waals surface area contributed by atoms with E-state index in [0.29, 0.717) is 5.82 Å². The van der Waals surface area contributed by atoms with Crippen molar-refractivity contribution >= 4 is 33.7 Å². The number of benzene rings is 1. The fraction of sp³-hybridized carbons (Fsp3) is 0.125. The van der Waals surface area contributed by atoms with Crippen LogP contribution in [0.4, 0.5) is 5.82 Å². The summed E-state index contributed by atoms with van der Waals surface area (Å²) in [6.07, 6.45) is 3.27. The second-order valence-electron chi connectivity index (χ2n) is 4.55. The van der Waals surface area contributed by atoms with E-state index in [0.717, 1.165) is 21.3 Å². The van der Waals surface area contributed by atoms with Crippen LogP contribution in [-0.4, -0.2) is 10.9 Å². The van der Waals surface area contributed by atoms with Crippen LogP contribution in [0.25, 0.3) is 6.08 Å². The number of halogens is 1. The Morgan fingerprint density at radius 2 is 1.90 bits per heavy atom. The number of aryl methyl sites for hydroxylation is 2. The van der Waals surface area contributed by atoms with Crippen LogP contribution in [0.15, 0.2) is 46.9 Å². The van der Waals surface area contributed by atoms with E-state index < -0.39 is 0 Å². The quantitative estimate of drug-likeness (QED) is 0.860. The molecular formula is C16H15BrN2O. The van der Waals surface area contributed by atoms with Gasteiger partial charge in [0.05, 0.1) is 0 Å². The first-order valence-corrected chi connectivity index (χ1v) is 7.02. The van der Waals surface area contributed by atoms with Gasteiger partial charge in [-0.05, 0) is 55.3 Å². The Kier molecular flexibility index (Phi) is 4.69. The predicted molar refractivity (Wildman–Crippen MR) is 85.5 cm³/mol. The molecule has 1 N–H and O–H groups in total. The number of carbonyl (C=O) groups excluding carboxylic acids is 1. The highest BCUT2D eigenvalue weighted by Gasteiger charge is 2.01. The largest absolute Gasteiger partial charge is 0.307 e. The maximum atomic E-state index is 11.8. The number of amides is 1. The molecule has 2 aromatic rings. The summed E-state index contributed by atoms with van der Waals surface area (Å²) in [5.74, 6) is 0.387. The summed E-state index contributed by atoms with van der Waals surface area (Å²) < 4.78 is 1.01. The van der Waals surface area contributed by atoms with Gasteiger partial charge in [0.25, 0.3) is 0 Å². The predicted octanol–water partition coefficient (Wildman–Crippen LogP) is 4.11. The number of hydrogen-bond acceptors (Lipinski definition) is 2. The molecule has 0 saturated carbocycles. The summed E-state index contributed by atoms with van der Waals surface area (Å²) >= 11 is 3.37. The molecule has 0 bridgehead atoms. The summed E-state index contributed by atoms with van der Waals surface area (Å²) in [6, 6.07) is 11.5. The molecule has 0 spiro atoms. The van der Waals surface area contributed by atoms with Crippen molar-refractivity contribution in [3.8, 4) is 0 Å². The number of carbonyl (C=O) groups is 1. The molecule has 0 aliphatic carbocycles. The molecule has 0 aliphatic heterocycles. The van der Waals surface area contributed by atoms with Gasteiger partial charge in [0.1, 0.15) is 5.82 Å². The lowest BCUT2D eigenvalue weighted by Gasteiger charge is -2.04. The lowest BCUT2D eigenvalue weighted by Crippen LogP contribution is -2.09. The third kappa shape index (κ3) is 4.31. The van der Waals surface area contributed by atoms with Gasteiger partial charge in [0.2, 0.25) is 5.91 Å². The summed E-state index contributed by atoms with van der Waals surface area (Å²) in [5, 5.41) is 2.76.